The van der Waals surface area contributed by atoms with Crippen molar-refractivity contribution in [2.24, 2.45) is 0 Å². The highest BCUT2D eigenvalue weighted by atomic mass is 16.5. The Kier molecular flexibility index (Phi) is 7.49. The van der Waals surface area contributed by atoms with Gasteiger partial charge in [0.25, 0.3) is 5.91 Å². The molecule has 27 heavy (non-hydrogen) atoms. The molecular weight excluding hydrogens is 350 g/mol. The van der Waals surface area contributed by atoms with Crippen LogP contribution in [0.15, 0.2) is 36.4 Å². The number of hydrogen-bond donors (Lipinski definition) is 1. The molecule has 0 fully saturated rings. The summed E-state index contributed by atoms with van der Waals surface area (Å²) in [5.74, 6) is 1.84. The van der Waals surface area contributed by atoms with E-state index in [1.54, 1.807) is 26.4 Å². The van der Waals surface area contributed by atoms with Crippen molar-refractivity contribution in [2.75, 3.05) is 34.5 Å². The first-order chi connectivity index (χ1) is 13.1. The van der Waals surface area contributed by atoms with Gasteiger partial charge in [-0.2, -0.15) is 0 Å². The zero-order valence-corrected chi connectivity index (χ0v) is 15.6. The molecule has 0 unspecified atom stereocenters. The van der Waals surface area contributed by atoms with Gasteiger partial charge in [-0.3, -0.25) is 9.59 Å². The molecule has 0 heterocycles. The zero-order valence-electron chi connectivity index (χ0n) is 15.6. The van der Waals surface area contributed by atoms with Crippen molar-refractivity contribution in [3.63, 3.8) is 0 Å². The van der Waals surface area contributed by atoms with Gasteiger partial charge in [-0.05, 0) is 42.3 Å². The Hall–Kier alpha value is -3.22. The molecule has 0 saturated heterocycles. The van der Waals surface area contributed by atoms with Crippen molar-refractivity contribution in [1.82, 2.24) is 5.32 Å². The molecule has 0 atom stereocenters. The van der Waals surface area contributed by atoms with Crippen LogP contribution in [0, 0.1) is 0 Å². The number of hydrogen-bond acceptors (Lipinski definition) is 6. The van der Waals surface area contributed by atoms with E-state index in [9.17, 15) is 9.59 Å². The average molecular weight is 373 g/mol. The van der Waals surface area contributed by atoms with E-state index in [0.29, 0.717) is 47.8 Å². The summed E-state index contributed by atoms with van der Waals surface area (Å²) in [6, 6.07) is 10.4. The zero-order chi connectivity index (χ0) is 19.6. The van der Waals surface area contributed by atoms with Crippen LogP contribution in [0.1, 0.15) is 15.9 Å². The lowest BCUT2D eigenvalue weighted by atomic mass is 10.1. The van der Waals surface area contributed by atoms with E-state index >= 15 is 0 Å². The Labute approximate surface area is 158 Å². The molecule has 2 rings (SSSR count). The fourth-order valence-corrected chi connectivity index (χ4v) is 2.46. The summed E-state index contributed by atoms with van der Waals surface area (Å²) in [7, 11) is 4.65. The van der Waals surface area contributed by atoms with Crippen molar-refractivity contribution in [1.29, 1.82) is 0 Å². The monoisotopic (exact) mass is 373 g/mol. The summed E-state index contributed by atoms with van der Waals surface area (Å²) >= 11 is 0. The second-order valence-corrected chi connectivity index (χ2v) is 5.61. The highest BCUT2D eigenvalue weighted by Crippen LogP contribution is 2.28. The maximum atomic E-state index is 12.0. The molecule has 0 aliphatic rings. The molecular formula is C20H23NO6. The second-order valence-electron chi connectivity index (χ2n) is 5.61. The standard InChI is InChI=1S/C20H23NO6/c1-24-16-6-4-14(10-18(16)26-3)8-9-21-20(23)13-27-19-11-15(12-22)5-7-17(19)25-2/h4-7,10-12H,8-9,13H2,1-3H3,(H,21,23). The van der Waals surface area contributed by atoms with Gasteiger partial charge in [-0.1, -0.05) is 6.07 Å². The third kappa shape index (κ3) is 5.64. The summed E-state index contributed by atoms with van der Waals surface area (Å²) in [6.45, 7) is 0.272. The molecule has 0 spiro atoms. The van der Waals surface area contributed by atoms with Gasteiger partial charge in [-0.25, -0.2) is 0 Å². The number of aldehydes is 1. The Morgan fingerprint density at radius 1 is 0.926 bits per heavy atom. The molecule has 2 aromatic carbocycles. The molecule has 0 bridgehead atoms. The van der Waals surface area contributed by atoms with E-state index in [1.807, 2.05) is 18.2 Å². The molecule has 2 aromatic rings. The van der Waals surface area contributed by atoms with Gasteiger partial charge in [0, 0.05) is 12.1 Å². The molecule has 7 heteroatoms. The largest absolute Gasteiger partial charge is 0.493 e. The molecule has 0 saturated carbocycles. The minimum absolute atomic E-state index is 0.176. The van der Waals surface area contributed by atoms with E-state index < -0.39 is 0 Å². The van der Waals surface area contributed by atoms with Crippen molar-refractivity contribution in [3.8, 4) is 23.0 Å². The van der Waals surface area contributed by atoms with Crippen LogP contribution in [0.2, 0.25) is 0 Å². The summed E-state index contributed by atoms with van der Waals surface area (Å²) in [5, 5.41) is 2.79. The van der Waals surface area contributed by atoms with Crippen LogP contribution < -0.4 is 24.3 Å². The van der Waals surface area contributed by atoms with Gasteiger partial charge in [0.05, 0.1) is 21.3 Å². The number of ether oxygens (including phenoxy) is 4. The van der Waals surface area contributed by atoms with Crippen LogP contribution >= 0.6 is 0 Å². The lowest BCUT2D eigenvalue weighted by Gasteiger charge is -2.12. The lowest BCUT2D eigenvalue weighted by Crippen LogP contribution is -2.30. The Morgan fingerprint density at radius 2 is 1.59 bits per heavy atom. The van der Waals surface area contributed by atoms with Gasteiger partial charge in [0.15, 0.2) is 29.6 Å². The number of methoxy groups -OCH3 is 3. The predicted molar refractivity (Wildman–Crippen MR) is 100 cm³/mol. The number of benzene rings is 2. The van der Waals surface area contributed by atoms with E-state index in [4.69, 9.17) is 18.9 Å². The first-order valence-electron chi connectivity index (χ1n) is 8.35. The molecule has 1 amide bonds. The summed E-state index contributed by atoms with van der Waals surface area (Å²) in [6.07, 6.45) is 1.34. The van der Waals surface area contributed by atoms with Crippen LogP contribution in [-0.4, -0.2) is 46.7 Å². The lowest BCUT2D eigenvalue weighted by molar-refractivity contribution is -0.123. The second kappa shape index (κ2) is 10.1. The number of carbonyl (C=O) groups excluding carboxylic acids is 2. The van der Waals surface area contributed by atoms with Crippen LogP contribution in [0.25, 0.3) is 0 Å². The first kappa shape index (κ1) is 20.1. The van der Waals surface area contributed by atoms with Crippen LogP contribution in [0.5, 0.6) is 23.0 Å². The van der Waals surface area contributed by atoms with Gasteiger partial charge in [0.1, 0.15) is 6.29 Å². The highest BCUT2D eigenvalue weighted by molar-refractivity contribution is 5.78. The fourth-order valence-electron chi connectivity index (χ4n) is 2.46. The Bertz CT molecular complexity index is 790. The first-order valence-corrected chi connectivity index (χ1v) is 8.35. The van der Waals surface area contributed by atoms with Gasteiger partial charge in [-0.15, -0.1) is 0 Å². The van der Waals surface area contributed by atoms with Crippen molar-refractivity contribution in [3.05, 3.63) is 47.5 Å². The minimum Gasteiger partial charge on any atom is -0.493 e. The number of rotatable bonds is 10. The molecule has 0 radical (unpaired) electrons. The Morgan fingerprint density at radius 3 is 2.26 bits per heavy atom. The van der Waals surface area contributed by atoms with Crippen LogP contribution in [-0.2, 0) is 11.2 Å². The van der Waals surface area contributed by atoms with E-state index in [-0.39, 0.29) is 12.5 Å². The minimum atomic E-state index is -0.269. The Balaban J connectivity index is 1.84. The summed E-state index contributed by atoms with van der Waals surface area (Å²) < 4.78 is 21.1. The maximum Gasteiger partial charge on any atom is 0.257 e. The van der Waals surface area contributed by atoms with Gasteiger partial charge < -0.3 is 24.3 Å². The van der Waals surface area contributed by atoms with E-state index in [1.165, 1.54) is 13.2 Å². The molecule has 1 N–H and O–H groups in total. The fraction of sp³-hybridized carbons (Fsp3) is 0.300. The van der Waals surface area contributed by atoms with E-state index in [2.05, 4.69) is 5.32 Å². The average Bonchev–Trinajstić information content (AvgIpc) is 2.71. The number of nitrogens with one attached hydrogen (secondary N) is 1. The molecule has 0 aromatic heterocycles. The maximum absolute atomic E-state index is 12.0. The van der Waals surface area contributed by atoms with Crippen LogP contribution in [0.3, 0.4) is 0 Å². The molecule has 0 aliphatic carbocycles. The topological polar surface area (TPSA) is 83.1 Å². The SMILES string of the molecule is COc1ccc(CCNC(=O)COc2cc(C=O)ccc2OC)cc1OC. The molecule has 0 aliphatic heterocycles. The van der Waals surface area contributed by atoms with E-state index in [0.717, 1.165) is 5.56 Å². The normalized spacial score (nSPS) is 10.0. The third-order valence-corrected chi connectivity index (χ3v) is 3.87. The highest BCUT2D eigenvalue weighted by Gasteiger charge is 2.09. The van der Waals surface area contributed by atoms with Gasteiger partial charge >= 0.3 is 0 Å². The smallest absolute Gasteiger partial charge is 0.257 e. The summed E-state index contributed by atoms with van der Waals surface area (Å²) in [4.78, 5) is 22.9. The molecule has 144 valence electrons. The van der Waals surface area contributed by atoms with Gasteiger partial charge in [0.2, 0.25) is 0 Å². The third-order valence-electron chi connectivity index (χ3n) is 3.87. The predicted octanol–water partition coefficient (Wildman–Crippen LogP) is 2.26. The molecule has 7 nitrogen and oxygen atoms in total. The van der Waals surface area contributed by atoms with Crippen molar-refractivity contribution < 1.29 is 28.5 Å². The summed E-state index contributed by atoms with van der Waals surface area (Å²) in [5.41, 5.74) is 1.45. The number of amides is 1. The number of carbonyl (C=O) groups is 2. The van der Waals surface area contributed by atoms with Crippen molar-refractivity contribution >= 4 is 12.2 Å². The quantitative estimate of drug-likeness (QED) is 0.643. The van der Waals surface area contributed by atoms with Crippen LogP contribution in [0.4, 0.5) is 0 Å². The van der Waals surface area contributed by atoms with Crippen molar-refractivity contribution in [2.45, 2.75) is 6.42 Å².